The number of amides is 2. The molecule has 0 spiro atoms. The van der Waals surface area contributed by atoms with Gasteiger partial charge in [-0.15, -0.1) is 11.3 Å². The number of rotatable bonds is 3. The Hall–Kier alpha value is -1.49. The van der Waals surface area contributed by atoms with Crippen molar-refractivity contribution in [1.82, 2.24) is 9.88 Å². The SMILES string of the molecule is CCC(c1nccs1)N1C(=O)C=CC1=O. The van der Waals surface area contributed by atoms with Crippen molar-refractivity contribution in [1.29, 1.82) is 0 Å². The molecule has 2 rings (SSSR count). The highest BCUT2D eigenvalue weighted by atomic mass is 32.1. The summed E-state index contributed by atoms with van der Waals surface area (Å²) in [6, 6.07) is -0.222. The van der Waals surface area contributed by atoms with E-state index >= 15 is 0 Å². The summed E-state index contributed by atoms with van der Waals surface area (Å²) < 4.78 is 0. The van der Waals surface area contributed by atoms with Gasteiger partial charge in [0.25, 0.3) is 11.8 Å². The molecule has 4 nitrogen and oxygen atoms in total. The molecule has 1 aliphatic rings. The maximum atomic E-state index is 11.5. The van der Waals surface area contributed by atoms with E-state index in [1.165, 1.54) is 28.4 Å². The fraction of sp³-hybridized carbons (Fsp3) is 0.300. The summed E-state index contributed by atoms with van der Waals surface area (Å²) in [5, 5.41) is 2.65. The van der Waals surface area contributed by atoms with E-state index in [1.54, 1.807) is 6.20 Å². The fourth-order valence-corrected chi connectivity index (χ4v) is 2.40. The molecule has 0 radical (unpaired) electrons. The predicted molar refractivity (Wildman–Crippen MR) is 56.1 cm³/mol. The molecule has 0 fully saturated rings. The van der Waals surface area contributed by atoms with Crippen LogP contribution in [0, 0.1) is 0 Å². The lowest BCUT2D eigenvalue weighted by Crippen LogP contribution is -2.33. The summed E-state index contributed by atoms with van der Waals surface area (Å²) in [4.78, 5) is 28.4. The van der Waals surface area contributed by atoms with E-state index in [-0.39, 0.29) is 17.9 Å². The number of carbonyl (C=O) groups is 2. The highest BCUT2D eigenvalue weighted by Gasteiger charge is 2.32. The Morgan fingerprint density at radius 2 is 2.07 bits per heavy atom. The van der Waals surface area contributed by atoms with Crippen molar-refractivity contribution in [3.63, 3.8) is 0 Å². The standard InChI is InChI=1S/C10H10N2O2S/c1-2-7(10-11-5-6-15-10)12-8(13)3-4-9(12)14/h3-7H,2H2,1H3. The number of nitrogens with zero attached hydrogens (tertiary/aromatic N) is 2. The lowest BCUT2D eigenvalue weighted by molar-refractivity contribution is -0.139. The van der Waals surface area contributed by atoms with Gasteiger partial charge >= 0.3 is 0 Å². The first-order valence-corrected chi connectivity index (χ1v) is 5.56. The third-order valence-electron chi connectivity index (χ3n) is 2.28. The van der Waals surface area contributed by atoms with E-state index in [0.29, 0.717) is 6.42 Å². The van der Waals surface area contributed by atoms with Crippen LogP contribution in [0.15, 0.2) is 23.7 Å². The molecule has 1 aliphatic heterocycles. The first-order chi connectivity index (χ1) is 7.24. The van der Waals surface area contributed by atoms with E-state index in [0.717, 1.165) is 5.01 Å². The van der Waals surface area contributed by atoms with Crippen molar-refractivity contribution in [2.45, 2.75) is 19.4 Å². The molecule has 1 aromatic rings. The third-order valence-corrected chi connectivity index (χ3v) is 3.15. The molecule has 2 amide bonds. The molecule has 0 aliphatic carbocycles. The fourth-order valence-electron chi connectivity index (χ4n) is 1.59. The second-order valence-corrected chi connectivity index (χ2v) is 4.10. The second kappa shape index (κ2) is 3.94. The average molecular weight is 222 g/mol. The summed E-state index contributed by atoms with van der Waals surface area (Å²) in [5.41, 5.74) is 0. The van der Waals surface area contributed by atoms with E-state index in [9.17, 15) is 9.59 Å². The van der Waals surface area contributed by atoms with Crippen LogP contribution >= 0.6 is 11.3 Å². The van der Waals surface area contributed by atoms with Crippen LogP contribution in [0.25, 0.3) is 0 Å². The van der Waals surface area contributed by atoms with Crippen LogP contribution in [-0.4, -0.2) is 21.7 Å². The van der Waals surface area contributed by atoms with Crippen LogP contribution < -0.4 is 0 Å². The van der Waals surface area contributed by atoms with Gasteiger partial charge in [-0.2, -0.15) is 0 Å². The smallest absolute Gasteiger partial charge is 0.254 e. The zero-order valence-electron chi connectivity index (χ0n) is 8.21. The zero-order chi connectivity index (χ0) is 10.8. The Bertz CT molecular complexity index is 393. The van der Waals surface area contributed by atoms with Crippen molar-refractivity contribution in [2.75, 3.05) is 0 Å². The average Bonchev–Trinajstić information content (AvgIpc) is 2.83. The van der Waals surface area contributed by atoms with Gasteiger partial charge in [-0.05, 0) is 6.42 Å². The minimum atomic E-state index is -0.248. The van der Waals surface area contributed by atoms with Crippen molar-refractivity contribution < 1.29 is 9.59 Å². The minimum absolute atomic E-state index is 0.222. The number of imide groups is 1. The van der Waals surface area contributed by atoms with Gasteiger partial charge in [0.2, 0.25) is 0 Å². The topological polar surface area (TPSA) is 50.3 Å². The normalized spacial score (nSPS) is 17.5. The maximum absolute atomic E-state index is 11.5. The summed E-state index contributed by atoms with van der Waals surface area (Å²) >= 11 is 1.46. The molecule has 2 heterocycles. The second-order valence-electron chi connectivity index (χ2n) is 3.17. The van der Waals surface area contributed by atoms with E-state index < -0.39 is 0 Å². The molecule has 0 saturated heterocycles. The van der Waals surface area contributed by atoms with Gasteiger partial charge in [-0.1, -0.05) is 6.92 Å². The lowest BCUT2D eigenvalue weighted by atomic mass is 10.2. The number of aromatic nitrogens is 1. The quantitative estimate of drug-likeness (QED) is 0.728. The third kappa shape index (κ3) is 1.70. The van der Waals surface area contributed by atoms with E-state index in [1.807, 2.05) is 12.3 Å². The Balaban J connectivity index is 2.28. The van der Waals surface area contributed by atoms with Gasteiger partial charge in [0.1, 0.15) is 5.01 Å². The van der Waals surface area contributed by atoms with Crippen LogP contribution in [0.4, 0.5) is 0 Å². The highest BCUT2D eigenvalue weighted by molar-refractivity contribution is 7.09. The Labute approximate surface area is 91.2 Å². The monoisotopic (exact) mass is 222 g/mol. The van der Waals surface area contributed by atoms with Crippen LogP contribution in [0.2, 0.25) is 0 Å². The molecule has 0 N–H and O–H groups in total. The Kier molecular flexibility index (Phi) is 2.64. The van der Waals surface area contributed by atoms with Crippen molar-refractivity contribution >= 4 is 23.2 Å². The molecule has 1 unspecified atom stereocenters. The zero-order valence-corrected chi connectivity index (χ0v) is 9.03. The van der Waals surface area contributed by atoms with Gasteiger partial charge in [-0.3, -0.25) is 14.5 Å². The van der Waals surface area contributed by atoms with Crippen LogP contribution in [0.1, 0.15) is 24.4 Å². The van der Waals surface area contributed by atoms with Crippen LogP contribution in [0.3, 0.4) is 0 Å². The highest BCUT2D eigenvalue weighted by Crippen LogP contribution is 2.28. The first kappa shape index (κ1) is 10.0. The molecule has 1 aromatic heterocycles. The Morgan fingerprint density at radius 3 is 2.53 bits per heavy atom. The minimum Gasteiger partial charge on any atom is -0.269 e. The van der Waals surface area contributed by atoms with Crippen molar-refractivity contribution in [3.8, 4) is 0 Å². The van der Waals surface area contributed by atoms with Gasteiger partial charge in [0, 0.05) is 23.7 Å². The predicted octanol–water partition coefficient (Wildman–Crippen LogP) is 1.52. The molecule has 0 saturated carbocycles. The molecule has 0 bridgehead atoms. The molecular formula is C10H10N2O2S. The van der Waals surface area contributed by atoms with Gasteiger partial charge in [0.05, 0.1) is 6.04 Å². The molecule has 15 heavy (non-hydrogen) atoms. The van der Waals surface area contributed by atoms with Gasteiger partial charge in [0.15, 0.2) is 0 Å². The maximum Gasteiger partial charge on any atom is 0.254 e. The summed E-state index contributed by atoms with van der Waals surface area (Å²) in [7, 11) is 0. The Morgan fingerprint density at radius 1 is 1.40 bits per heavy atom. The van der Waals surface area contributed by atoms with Crippen molar-refractivity contribution in [2.24, 2.45) is 0 Å². The van der Waals surface area contributed by atoms with Crippen LogP contribution in [0.5, 0.6) is 0 Å². The lowest BCUT2D eigenvalue weighted by Gasteiger charge is -2.22. The first-order valence-electron chi connectivity index (χ1n) is 4.68. The molecule has 78 valence electrons. The summed E-state index contributed by atoms with van der Waals surface area (Å²) in [6.07, 6.45) is 4.98. The number of hydrogen-bond acceptors (Lipinski definition) is 4. The van der Waals surface area contributed by atoms with Crippen LogP contribution in [-0.2, 0) is 9.59 Å². The van der Waals surface area contributed by atoms with Crippen molar-refractivity contribution in [3.05, 3.63) is 28.7 Å². The summed E-state index contributed by atoms with van der Waals surface area (Å²) in [5.74, 6) is -0.496. The summed E-state index contributed by atoms with van der Waals surface area (Å²) in [6.45, 7) is 1.94. The largest absolute Gasteiger partial charge is 0.269 e. The van der Waals surface area contributed by atoms with Gasteiger partial charge in [-0.25, -0.2) is 4.98 Å². The number of thiazole rings is 1. The number of carbonyl (C=O) groups excluding carboxylic acids is 2. The molecule has 0 aromatic carbocycles. The number of hydrogen-bond donors (Lipinski definition) is 0. The van der Waals surface area contributed by atoms with E-state index in [2.05, 4.69) is 4.98 Å². The molecule has 1 atom stereocenters. The molecular weight excluding hydrogens is 212 g/mol. The van der Waals surface area contributed by atoms with Gasteiger partial charge < -0.3 is 0 Å². The van der Waals surface area contributed by atoms with E-state index in [4.69, 9.17) is 0 Å². The molecule has 5 heteroatoms.